The van der Waals surface area contributed by atoms with Crippen LogP contribution in [0.15, 0.2) is 29.2 Å². The number of nitrogens with two attached hydrogens (primary N) is 1. The Bertz CT molecular complexity index is 664. The van der Waals surface area contributed by atoms with Gasteiger partial charge in [-0.25, -0.2) is 13.1 Å². The number of amides is 1. The Hall–Kier alpha value is -1.44. The Labute approximate surface area is 124 Å². The largest absolute Gasteiger partial charge is 0.329 e. The van der Waals surface area contributed by atoms with Crippen molar-refractivity contribution in [2.45, 2.75) is 36.6 Å². The summed E-state index contributed by atoms with van der Waals surface area (Å²) >= 11 is 0. The van der Waals surface area contributed by atoms with Crippen LogP contribution in [-0.2, 0) is 14.8 Å². The Morgan fingerprint density at radius 2 is 2.05 bits per heavy atom. The average molecular weight is 309 g/mol. The number of sulfonamides is 1. The molecule has 0 heterocycles. The van der Waals surface area contributed by atoms with Gasteiger partial charge in [0.05, 0.1) is 10.3 Å². The summed E-state index contributed by atoms with van der Waals surface area (Å²) in [5.41, 5.74) is 5.64. The molecule has 0 bridgehead atoms. The van der Waals surface area contributed by atoms with Crippen molar-refractivity contribution in [2.75, 3.05) is 11.9 Å². The molecule has 1 aromatic carbocycles. The molecule has 3 rings (SSSR count). The molecule has 21 heavy (non-hydrogen) atoms. The molecule has 0 aromatic heterocycles. The lowest BCUT2D eigenvalue weighted by molar-refractivity contribution is -0.120. The maximum atomic E-state index is 12.1. The van der Waals surface area contributed by atoms with E-state index in [9.17, 15) is 13.2 Å². The topological polar surface area (TPSA) is 101 Å². The molecule has 2 fully saturated rings. The summed E-state index contributed by atoms with van der Waals surface area (Å²) in [6.07, 6.45) is 3.34. The summed E-state index contributed by atoms with van der Waals surface area (Å²) < 4.78 is 26.9. The van der Waals surface area contributed by atoms with Crippen molar-refractivity contribution >= 4 is 21.6 Å². The number of anilines is 1. The smallest absolute Gasteiger partial charge is 0.240 e. The lowest BCUT2D eigenvalue weighted by Gasteiger charge is -2.13. The zero-order valence-corrected chi connectivity index (χ0v) is 12.4. The highest BCUT2D eigenvalue weighted by Gasteiger charge is 2.48. The maximum absolute atomic E-state index is 12.1. The van der Waals surface area contributed by atoms with E-state index in [4.69, 9.17) is 5.73 Å². The molecule has 4 N–H and O–H groups in total. The molecule has 0 radical (unpaired) electrons. The second kappa shape index (κ2) is 5.08. The lowest BCUT2D eigenvalue weighted by Crippen LogP contribution is -2.31. The zero-order valence-electron chi connectivity index (χ0n) is 11.6. The number of benzene rings is 1. The molecular weight excluding hydrogens is 290 g/mol. The first-order valence-electron chi connectivity index (χ1n) is 7.09. The van der Waals surface area contributed by atoms with Crippen molar-refractivity contribution in [1.29, 1.82) is 0 Å². The molecule has 114 valence electrons. The van der Waals surface area contributed by atoms with Gasteiger partial charge in [-0.1, -0.05) is 6.07 Å². The fraction of sp³-hybridized carbons (Fsp3) is 0.500. The van der Waals surface area contributed by atoms with E-state index in [-0.39, 0.29) is 16.8 Å². The molecule has 7 heteroatoms. The first kappa shape index (κ1) is 14.5. The minimum Gasteiger partial charge on any atom is -0.329 e. The molecule has 0 saturated heterocycles. The third-order valence-electron chi connectivity index (χ3n) is 4.03. The molecule has 0 aliphatic heterocycles. The van der Waals surface area contributed by atoms with Gasteiger partial charge in [0.2, 0.25) is 15.9 Å². The minimum absolute atomic E-state index is 0.0558. The van der Waals surface area contributed by atoms with Crippen LogP contribution >= 0.6 is 0 Å². The van der Waals surface area contributed by atoms with Crippen molar-refractivity contribution < 1.29 is 13.2 Å². The summed E-state index contributed by atoms with van der Waals surface area (Å²) in [5.74, 6) is -0.130. The standard InChI is InChI=1S/C14H19N3O3S/c15-9-14(6-7-14)13(18)16-11-2-1-3-12(8-11)21(19,20)17-10-4-5-10/h1-3,8,10,17H,4-7,9,15H2,(H,16,18). The van der Waals surface area contributed by atoms with Gasteiger partial charge in [0.1, 0.15) is 0 Å². The van der Waals surface area contributed by atoms with Gasteiger partial charge in [0, 0.05) is 18.3 Å². The van der Waals surface area contributed by atoms with Crippen molar-refractivity contribution in [3.05, 3.63) is 24.3 Å². The number of rotatable bonds is 6. The lowest BCUT2D eigenvalue weighted by atomic mass is 10.1. The molecule has 2 saturated carbocycles. The van der Waals surface area contributed by atoms with Crippen molar-refractivity contribution in [3.63, 3.8) is 0 Å². The fourth-order valence-corrected chi connectivity index (χ4v) is 3.52. The van der Waals surface area contributed by atoms with E-state index in [2.05, 4.69) is 10.0 Å². The average Bonchev–Trinajstić information content (AvgIpc) is 3.34. The van der Waals surface area contributed by atoms with Crippen LogP contribution in [0.4, 0.5) is 5.69 Å². The number of nitrogens with one attached hydrogen (secondary N) is 2. The second-order valence-electron chi connectivity index (χ2n) is 5.86. The number of hydrogen-bond acceptors (Lipinski definition) is 4. The summed E-state index contributed by atoms with van der Waals surface area (Å²) in [5, 5.41) is 2.77. The van der Waals surface area contributed by atoms with Crippen LogP contribution in [-0.4, -0.2) is 26.9 Å². The van der Waals surface area contributed by atoms with Crippen molar-refractivity contribution in [3.8, 4) is 0 Å². The number of carbonyl (C=O) groups is 1. The number of carbonyl (C=O) groups excluding carboxylic acids is 1. The first-order valence-corrected chi connectivity index (χ1v) is 8.57. The monoisotopic (exact) mass is 309 g/mol. The van der Waals surface area contributed by atoms with Crippen LogP contribution < -0.4 is 15.8 Å². The van der Waals surface area contributed by atoms with Crippen LogP contribution in [0.1, 0.15) is 25.7 Å². The third-order valence-corrected chi connectivity index (χ3v) is 5.55. The molecule has 0 spiro atoms. The molecule has 2 aliphatic carbocycles. The van der Waals surface area contributed by atoms with Gasteiger partial charge < -0.3 is 11.1 Å². The Balaban J connectivity index is 1.75. The third kappa shape index (κ3) is 3.09. The van der Waals surface area contributed by atoms with E-state index in [0.29, 0.717) is 12.2 Å². The highest BCUT2D eigenvalue weighted by atomic mass is 32.2. The Kier molecular flexibility index (Phi) is 3.51. The highest BCUT2D eigenvalue weighted by Crippen LogP contribution is 2.45. The highest BCUT2D eigenvalue weighted by molar-refractivity contribution is 7.89. The predicted molar refractivity (Wildman–Crippen MR) is 79.1 cm³/mol. The van der Waals surface area contributed by atoms with E-state index in [1.807, 2.05) is 0 Å². The van der Waals surface area contributed by atoms with Gasteiger partial charge in [0.25, 0.3) is 0 Å². The van der Waals surface area contributed by atoms with Crippen LogP contribution in [0.25, 0.3) is 0 Å². The van der Waals surface area contributed by atoms with Gasteiger partial charge in [-0.05, 0) is 43.9 Å². The van der Waals surface area contributed by atoms with Gasteiger partial charge in [-0.15, -0.1) is 0 Å². The number of hydrogen-bond donors (Lipinski definition) is 3. The predicted octanol–water partition coefficient (Wildman–Crippen LogP) is 0.805. The Morgan fingerprint density at radius 1 is 1.33 bits per heavy atom. The van der Waals surface area contributed by atoms with Crippen LogP contribution in [0.2, 0.25) is 0 Å². The van der Waals surface area contributed by atoms with Gasteiger partial charge >= 0.3 is 0 Å². The maximum Gasteiger partial charge on any atom is 0.240 e. The normalized spacial score (nSPS) is 20.0. The minimum atomic E-state index is -3.51. The second-order valence-corrected chi connectivity index (χ2v) is 7.58. The van der Waals surface area contributed by atoms with Crippen molar-refractivity contribution in [1.82, 2.24) is 4.72 Å². The summed E-state index contributed by atoms with van der Waals surface area (Å²) in [6, 6.07) is 6.37. The molecule has 6 nitrogen and oxygen atoms in total. The molecule has 1 aromatic rings. The zero-order chi connectivity index (χ0) is 15.1. The Morgan fingerprint density at radius 3 is 2.62 bits per heavy atom. The van der Waals surface area contributed by atoms with Crippen molar-refractivity contribution in [2.24, 2.45) is 11.1 Å². The molecule has 0 unspecified atom stereocenters. The molecule has 1 amide bonds. The van der Waals surface area contributed by atoms with E-state index in [0.717, 1.165) is 25.7 Å². The van der Waals surface area contributed by atoms with E-state index in [1.165, 1.54) is 12.1 Å². The quantitative estimate of drug-likeness (QED) is 0.723. The molecular formula is C14H19N3O3S. The molecule has 0 atom stereocenters. The summed E-state index contributed by atoms with van der Waals surface area (Å²) in [7, 11) is -3.51. The molecule has 2 aliphatic rings. The first-order chi connectivity index (χ1) is 9.95. The summed E-state index contributed by atoms with van der Waals surface area (Å²) in [4.78, 5) is 12.3. The van der Waals surface area contributed by atoms with E-state index < -0.39 is 15.4 Å². The fourth-order valence-electron chi connectivity index (χ4n) is 2.17. The van der Waals surface area contributed by atoms with E-state index in [1.54, 1.807) is 12.1 Å². The van der Waals surface area contributed by atoms with E-state index >= 15 is 0 Å². The van der Waals surface area contributed by atoms with Crippen LogP contribution in [0.3, 0.4) is 0 Å². The van der Waals surface area contributed by atoms with Crippen LogP contribution in [0.5, 0.6) is 0 Å². The van der Waals surface area contributed by atoms with Gasteiger partial charge in [-0.3, -0.25) is 4.79 Å². The van der Waals surface area contributed by atoms with Gasteiger partial charge in [-0.2, -0.15) is 0 Å². The van der Waals surface area contributed by atoms with Crippen LogP contribution in [0, 0.1) is 5.41 Å². The van der Waals surface area contributed by atoms with Gasteiger partial charge in [0.15, 0.2) is 0 Å². The summed E-state index contributed by atoms with van der Waals surface area (Å²) in [6.45, 7) is 0.320. The SMILES string of the molecule is NCC1(C(=O)Nc2cccc(S(=O)(=O)NC3CC3)c2)CC1.